The summed E-state index contributed by atoms with van der Waals surface area (Å²) < 4.78 is 105. The van der Waals surface area contributed by atoms with E-state index in [-0.39, 0.29) is 124 Å². The number of nitrogens with zero attached hydrogens (tertiary/aromatic N) is 12. The van der Waals surface area contributed by atoms with Crippen LogP contribution in [0.1, 0.15) is 127 Å². The molecule has 13 unspecified atom stereocenters. The molecule has 614 valence electrons. The Morgan fingerprint density at radius 3 is 1.65 bits per heavy atom. The average molecular weight is 1680 g/mol. The molecule has 10 rings (SSSR count). The largest absolute Gasteiger partial charge is 0.352 e. The number of benzene rings is 1. The van der Waals surface area contributed by atoms with Crippen LogP contribution < -0.4 is 44.4 Å². The SMILES string of the molecule is [C-]#[N+]CCOP(OC[C@H]1OC(n2cnc3c(=O)[nH]c(NC(=O)C(C)C)nc32)C[C@@H]1OP(=S)(OCC[N+]#[C-])OCC1OC(n2cc(C)c(=O)[nH]c2=O)CC1OP(OCC[N+]#[C-])N(C(C)C)C(C)C)OC1CC(n2ccc(NC(=O)c3ccccc3)nc2=O)OC1COP(OCC[N+]#[C-])O[C@H]1CC(n2cc(C)c(=O)[nH]c2=O)OC1CC. The van der Waals surface area contributed by atoms with Gasteiger partial charge in [-0.1, -0.05) is 39.0 Å². The number of H-pyrrole nitrogens is 3. The van der Waals surface area contributed by atoms with Gasteiger partial charge in [0.2, 0.25) is 38.0 Å². The number of nitrogens with one attached hydrogen (secondary N) is 5. The number of ether oxygens (including phenoxy) is 4. The first-order chi connectivity index (χ1) is 54.7. The Kier molecular flexibility index (Phi) is 32.3. The van der Waals surface area contributed by atoms with E-state index in [0.29, 0.717) is 12.0 Å². The van der Waals surface area contributed by atoms with Crippen LogP contribution in [0.15, 0.2) is 90.1 Å². The molecule has 5 aromatic heterocycles. The van der Waals surface area contributed by atoms with Crippen molar-refractivity contribution in [2.75, 3.05) is 83.1 Å². The number of aromatic nitrogens is 10. The van der Waals surface area contributed by atoms with Gasteiger partial charge in [-0.25, -0.2) is 50.3 Å². The Labute approximate surface area is 662 Å². The van der Waals surface area contributed by atoms with E-state index in [0.717, 1.165) is 0 Å². The second-order valence-corrected chi connectivity index (χ2v) is 33.8. The zero-order valence-electron chi connectivity index (χ0n) is 63.7. The number of hydrogen-bond donors (Lipinski definition) is 5. The Morgan fingerprint density at radius 2 is 1.11 bits per heavy atom. The standard InChI is InChI=1S/C69H89N17O23P4S/c1-14-46-47(30-56(102-46)83-34-43(8)62(88)80-68(83)93)107-111(96-27-22-71-11)98-36-51-49(32-55(103-51)82-25-20-54(76-67(82)92)75-64(90)45-18-16-15-17-19-45)108-112(97-28-23-72-12)99-37-52-50(33-58(104-52)85-39-74-59-60(85)77-66(79-65(59)91)78-61(87)40(2)3)109-113(114,100-29-24-73-13)101-38-53-48(31-57(105-53)84-35-44(9)63(89)81-69(84)94)106-110(95-26-21-70-10)86(41(4)5)42(6)7/h15-20,25,34-35,39-42,46-53,55-58H,14,21-24,26-33,36-38H2,1-9H3,(H,80,88,93)(H,81,89,94)(H,75,76,90,92)(H2,77,78,79,87,91)/t46?,47-,48?,49?,50-,51?,52+,53?,55?,56?,57?,58?,110?,111?,112?,113?/m0/s1. The third kappa shape index (κ3) is 23.2. The molecule has 16 atom stereocenters. The Bertz CT molecular complexity index is 4900. The average Bonchev–Trinajstić information content (AvgIpc) is 1.62. The highest BCUT2D eigenvalue weighted by molar-refractivity contribution is 8.07. The summed E-state index contributed by atoms with van der Waals surface area (Å²) in [5.41, 5.74) is -3.53. The normalized spacial score (nSPS) is 23.5. The molecule has 40 nitrogen and oxygen atoms in total. The third-order valence-corrected chi connectivity index (χ3v) is 24.8. The number of aromatic amines is 3. The number of hydrogen-bond acceptors (Lipinski definition) is 28. The van der Waals surface area contributed by atoms with Gasteiger partial charge in [0.15, 0.2) is 11.2 Å². The summed E-state index contributed by atoms with van der Waals surface area (Å²) in [5.74, 6) is -1.75. The number of rotatable bonds is 41. The predicted octanol–water partition coefficient (Wildman–Crippen LogP) is 7.86. The molecule has 114 heavy (non-hydrogen) atoms. The Balaban J connectivity index is 0.970. The van der Waals surface area contributed by atoms with Gasteiger partial charge in [0.05, 0.1) is 56.7 Å². The Hall–Kier alpha value is -7.99. The molecule has 9 heterocycles. The van der Waals surface area contributed by atoms with E-state index < -0.39 is 177 Å². The smallest absolute Gasteiger partial charge is 0.351 e. The fourth-order valence-electron chi connectivity index (χ4n) is 12.3. The molecule has 0 radical (unpaired) electrons. The fourth-order valence-corrected chi connectivity index (χ4v) is 18.5. The van der Waals surface area contributed by atoms with Crippen LogP contribution in [0.25, 0.3) is 30.5 Å². The highest BCUT2D eigenvalue weighted by Gasteiger charge is 2.48. The van der Waals surface area contributed by atoms with E-state index >= 15 is 0 Å². The second kappa shape index (κ2) is 41.7. The van der Waals surface area contributed by atoms with Crippen LogP contribution in [0.4, 0.5) is 11.8 Å². The molecule has 0 spiro atoms. The minimum atomic E-state index is -4.21. The number of amides is 2. The zero-order chi connectivity index (χ0) is 81.9. The molecule has 4 saturated heterocycles. The van der Waals surface area contributed by atoms with Gasteiger partial charge in [-0.3, -0.25) is 62.5 Å². The monoisotopic (exact) mass is 1680 g/mol. The quantitative estimate of drug-likeness (QED) is 0.0138. The number of carbonyl (C=O) groups excluding carboxylic acids is 2. The van der Waals surface area contributed by atoms with E-state index in [4.69, 9.17) is 107 Å². The first-order valence-electron chi connectivity index (χ1n) is 36.4. The first-order valence-corrected chi connectivity index (χ1v) is 42.3. The lowest BCUT2D eigenvalue weighted by Gasteiger charge is -2.37. The van der Waals surface area contributed by atoms with Crippen LogP contribution in [-0.2, 0) is 85.3 Å². The van der Waals surface area contributed by atoms with Gasteiger partial charge in [0, 0.05) is 79.0 Å². The minimum absolute atomic E-state index is 0.00749. The van der Waals surface area contributed by atoms with Crippen molar-refractivity contribution in [3.63, 3.8) is 0 Å². The first kappa shape index (κ1) is 88.4. The van der Waals surface area contributed by atoms with Crippen LogP contribution in [0.5, 0.6) is 0 Å². The van der Waals surface area contributed by atoms with Crippen molar-refractivity contribution in [3.05, 3.63) is 186 Å². The van der Waals surface area contributed by atoms with Crippen molar-refractivity contribution < 1.29 is 78.3 Å². The number of carbonyl (C=O) groups is 2. The molecule has 4 aliphatic rings. The van der Waals surface area contributed by atoms with Crippen LogP contribution in [-0.4, -0.2) is 198 Å². The molecule has 0 saturated carbocycles. The van der Waals surface area contributed by atoms with Crippen LogP contribution >= 0.6 is 32.4 Å². The molecule has 5 N–H and O–H groups in total. The van der Waals surface area contributed by atoms with E-state index in [9.17, 15) is 38.4 Å². The summed E-state index contributed by atoms with van der Waals surface area (Å²) in [5, 5.41) is 5.25. The highest BCUT2D eigenvalue weighted by atomic mass is 32.5. The van der Waals surface area contributed by atoms with Gasteiger partial charge in [-0.15, -0.1) is 0 Å². The molecule has 0 aliphatic carbocycles. The summed E-state index contributed by atoms with van der Waals surface area (Å²) >= 11 is 6.29. The van der Waals surface area contributed by atoms with Gasteiger partial charge < -0.3 is 93.4 Å². The molecular weight excluding hydrogens is 1590 g/mol. The number of anilines is 2. The molecule has 1 aromatic carbocycles. The molecule has 6 aromatic rings. The van der Waals surface area contributed by atoms with Gasteiger partial charge in [0.25, 0.3) is 31.1 Å². The van der Waals surface area contributed by atoms with Gasteiger partial charge in [-0.2, -0.15) is 9.97 Å². The molecule has 45 heteroatoms. The predicted molar refractivity (Wildman–Crippen MR) is 415 cm³/mol. The van der Waals surface area contributed by atoms with Crippen LogP contribution in [0.2, 0.25) is 0 Å². The van der Waals surface area contributed by atoms with Crippen molar-refractivity contribution in [1.29, 1.82) is 0 Å². The number of imidazole rings is 1. The van der Waals surface area contributed by atoms with Gasteiger partial charge >= 0.3 is 41.0 Å². The summed E-state index contributed by atoms with van der Waals surface area (Å²) in [4.78, 5) is 140. The highest BCUT2D eigenvalue weighted by Crippen LogP contribution is 2.57. The zero-order valence-corrected chi connectivity index (χ0v) is 68.1. The van der Waals surface area contributed by atoms with Crippen molar-refractivity contribution in [2.24, 2.45) is 5.92 Å². The lowest BCUT2D eigenvalue weighted by atomic mass is 10.1. The topological polar surface area (TPSA) is 426 Å². The maximum atomic E-state index is 14.1. The molecule has 0 bridgehead atoms. The van der Waals surface area contributed by atoms with Gasteiger partial charge in [0.1, 0.15) is 75.5 Å². The van der Waals surface area contributed by atoms with E-state index in [1.807, 2.05) is 39.3 Å². The van der Waals surface area contributed by atoms with Crippen molar-refractivity contribution in [1.82, 2.24) is 52.8 Å². The molecule has 4 fully saturated rings. The third-order valence-electron chi connectivity index (χ3n) is 17.9. The van der Waals surface area contributed by atoms with Crippen molar-refractivity contribution in [3.8, 4) is 0 Å². The molecular formula is C69H89N17O23P4S. The number of fused-ring (bicyclic) bond motifs is 1. The Morgan fingerprint density at radius 1 is 0.605 bits per heavy atom. The number of aryl methyl sites for hydroxylation is 2. The van der Waals surface area contributed by atoms with E-state index in [1.54, 1.807) is 51.1 Å². The van der Waals surface area contributed by atoms with E-state index in [1.165, 1.54) is 56.2 Å². The summed E-state index contributed by atoms with van der Waals surface area (Å²) in [7, 11) is -6.99. The minimum Gasteiger partial charge on any atom is -0.352 e. The lowest BCUT2D eigenvalue weighted by Crippen LogP contribution is -2.36. The van der Waals surface area contributed by atoms with Crippen LogP contribution in [0, 0.1) is 46.1 Å². The molecule has 2 amide bonds. The van der Waals surface area contributed by atoms with Crippen molar-refractivity contribution >= 4 is 79.0 Å². The maximum Gasteiger partial charge on any atom is 0.351 e. The lowest BCUT2D eigenvalue weighted by molar-refractivity contribution is -0.119. The van der Waals surface area contributed by atoms with Gasteiger partial charge in [-0.05, 0) is 78.0 Å². The maximum absolute atomic E-state index is 14.1. The second-order valence-electron chi connectivity index (χ2n) is 27.1. The van der Waals surface area contributed by atoms with Crippen LogP contribution in [0.3, 0.4) is 0 Å². The van der Waals surface area contributed by atoms with E-state index in [2.05, 4.69) is 59.9 Å². The summed E-state index contributed by atoms with van der Waals surface area (Å²) in [6, 6.07) is 9.43. The van der Waals surface area contributed by atoms with Crippen molar-refractivity contribution in [2.45, 2.75) is 180 Å². The molecule has 4 aliphatic heterocycles. The summed E-state index contributed by atoms with van der Waals surface area (Å²) in [6.07, 6.45) is -6.77. The fraction of sp³-hybridized carbons (Fsp3) is 0.580. The summed E-state index contributed by atoms with van der Waals surface area (Å²) in [6.45, 7) is 39.8.